The molecule has 6 heterocycles. The number of rotatable bonds is 7. The number of aromatic nitrogens is 7. The highest BCUT2D eigenvalue weighted by Gasteiger charge is 2.24. The fraction of sp³-hybridized carbons (Fsp3) is 0. The second-order valence-electron chi connectivity index (χ2n) is 22.0. The fourth-order valence-corrected chi connectivity index (χ4v) is 13.6. The minimum absolute atomic E-state index is 0.681. The number of benzene rings is 12. The maximum Gasteiger partial charge on any atom is 0.220 e. The van der Waals surface area contributed by atoms with E-state index >= 15 is 0 Å². The predicted octanol–water partition coefficient (Wildman–Crippen LogP) is 19.5. The Hall–Kier alpha value is -11.4. The van der Waals surface area contributed by atoms with E-state index in [4.69, 9.17) is 15.0 Å². The largest absolute Gasteiger partial charge is 0.307 e. The van der Waals surface area contributed by atoms with E-state index in [1.807, 2.05) is 12.1 Å². The lowest BCUT2D eigenvalue weighted by Crippen LogP contribution is -1.98. The molecule has 0 aliphatic carbocycles. The SMILES string of the molecule is c1ccc(-c2cc(-c3ccccc3)nc(-c3cccc(-c4cc5c6ccccc6n6c7ccc(-c8ccc(-n9c%10ccccc%10c%10ccc%11c%12ccccc%12n(-c%12ccccc%12)c%11c%109)cc8)cc7nc6n6c7ccccc7c(c4)c56)c3)n2)cc1. The molecule has 84 heavy (non-hydrogen) atoms. The van der Waals surface area contributed by atoms with Gasteiger partial charge in [0.05, 0.1) is 61.0 Å². The van der Waals surface area contributed by atoms with Crippen molar-refractivity contribution in [3.63, 3.8) is 0 Å². The summed E-state index contributed by atoms with van der Waals surface area (Å²) in [7, 11) is 0. The molecule has 0 fully saturated rings. The molecule has 6 aromatic heterocycles. The van der Waals surface area contributed by atoms with E-state index in [0.29, 0.717) is 5.82 Å². The van der Waals surface area contributed by atoms with Crippen molar-refractivity contribution >= 4 is 98.5 Å². The van der Waals surface area contributed by atoms with Crippen molar-refractivity contribution in [2.45, 2.75) is 0 Å². The van der Waals surface area contributed by atoms with E-state index in [-0.39, 0.29) is 0 Å². The average molecular weight is 1070 g/mol. The number of para-hydroxylation sites is 5. The van der Waals surface area contributed by atoms with Crippen LogP contribution in [0.3, 0.4) is 0 Å². The summed E-state index contributed by atoms with van der Waals surface area (Å²) in [5.41, 5.74) is 21.5. The third-order valence-electron chi connectivity index (χ3n) is 17.3. The molecule has 7 nitrogen and oxygen atoms in total. The maximum atomic E-state index is 5.64. The van der Waals surface area contributed by atoms with Crippen LogP contribution in [0.1, 0.15) is 0 Å². The van der Waals surface area contributed by atoms with E-state index in [1.54, 1.807) is 0 Å². The number of imidazole rings is 1. The number of fused-ring (bicyclic) bond motifs is 17. The lowest BCUT2D eigenvalue weighted by Gasteiger charge is -2.13. The summed E-state index contributed by atoms with van der Waals surface area (Å²) >= 11 is 0. The lowest BCUT2D eigenvalue weighted by atomic mass is 9.97. The minimum Gasteiger partial charge on any atom is -0.307 e. The molecule has 390 valence electrons. The molecule has 0 saturated heterocycles. The van der Waals surface area contributed by atoms with Crippen LogP contribution in [-0.4, -0.2) is 32.9 Å². The molecule has 0 aliphatic rings. The lowest BCUT2D eigenvalue weighted by molar-refractivity contribution is 1.15. The molecule has 12 aromatic carbocycles. The zero-order valence-electron chi connectivity index (χ0n) is 45.3. The standard InChI is InChI=1S/C77H47N7/c1-4-19-49(20-5-1)65-47-66(50-21-6-2-7-22-50)79-76(78-65)53-24-18-23-51(43-53)54-44-63-59-29-12-16-33-70(59)83-72-42-37-52(46-67(72)80-77(83)84-71-34-17-13-30-60(71)64(45-54)73(63)84)48-35-38-56(39-36-48)82-69-32-15-11-28-58(69)62-41-40-61-57-27-10-14-31-68(57)81(74(61)75(62)82)55-25-8-3-9-26-55/h1-47H. The fourth-order valence-electron chi connectivity index (χ4n) is 13.6. The van der Waals surface area contributed by atoms with Crippen LogP contribution in [0.4, 0.5) is 0 Å². The molecule has 18 rings (SSSR count). The van der Waals surface area contributed by atoms with Gasteiger partial charge in [-0.3, -0.25) is 8.80 Å². The molecule has 0 spiro atoms. The van der Waals surface area contributed by atoms with Crippen LogP contribution in [0.2, 0.25) is 0 Å². The van der Waals surface area contributed by atoms with Gasteiger partial charge in [0.15, 0.2) is 5.82 Å². The van der Waals surface area contributed by atoms with Crippen molar-refractivity contribution in [3.05, 3.63) is 285 Å². The normalized spacial score (nSPS) is 12.0. The van der Waals surface area contributed by atoms with Crippen LogP contribution in [0.5, 0.6) is 0 Å². The first-order valence-electron chi connectivity index (χ1n) is 28.6. The van der Waals surface area contributed by atoms with Crippen LogP contribution in [0.25, 0.3) is 166 Å². The monoisotopic (exact) mass is 1070 g/mol. The van der Waals surface area contributed by atoms with E-state index in [2.05, 4.69) is 291 Å². The van der Waals surface area contributed by atoms with Gasteiger partial charge in [-0.1, -0.05) is 200 Å². The number of nitrogens with zero attached hydrogens (tertiary/aromatic N) is 7. The van der Waals surface area contributed by atoms with Crippen LogP contribution in [0, 0.1) is 0 Å². The molecule has 0 saturated carbocycles. The first kappa shape index (κ1) is 46.4. The van der Waals surface area contributed by atoms with Gasteiger partial charge < -0.3 is 9.13 Å². The Morgan fingerprint density at radius 1 is 0.226 bits per heavy atom. The summed E-state index contributed by atoms with van der Waals surface area (Å²) in [5, 5.41) is 9.55. The van der Waals surface area contributed by atoms with E-state index in [9.17, 15) is 0 Å². The Labute approximate surface area is 481 Å². The van der Waals surface area contributed by atoms with Gasteiger partial charge in [0.25, 0.3) is 0 Å². The zero-order valence-corrected chi connectivity index (χ0v) is 45.3. The topological polar surface area (TPSA) is 57.3 Å². The Bertz CT molecular complexity index is 5660. The predicted molar refractivity (Wildman–Crippen MR) is 348 cm³/mol. The van der Waals surface area contributed by atoms with Crippen molar-refractivity contribution in [1.29, 1.82) is 0 Å². The number of hydrogen-bond acceptors (Lipinski definition) is 3. The summed E-state index contributed by atoms with van der Waals surface area (Å²) in [4.78, 5) is 16.1. The minimum atomic E-state index is 0.681. The van der Waals surface area contributed by atoms with Crippen molar-refractivity contribution in [2.75, 3.05) is 0 Å². The Balaban J connectivity index is 0.789. The van der Waals surface area contributed by atoms with Crippen molar-refractivity contribution in [1.82, 2.24) is 32.9 Å². The highest BCUT2D eigenvalue weighted by molar-refractivity contribution is 6.24. The van der Waals surface area contributed by atoms with Gasteiger partial charge >= 0.3 is 0 Å². The summed E-state index contributed by atoms with van der Waals surface area (Å²) < 4.78 is 9.66. The molecule has 0 atom stereocenters. The van der Waals surface area contributed by atoms with Crippen LogP contribution < -0.4 is 0 Å². The van der Waals surface area contributed by atoms with Gasteiger partial charge in [0.1, 0.15) is 0 Å². The second-order valence-corrected chi connectivity index (χ2v) is 22.0. The van der Waals surface area contributed by atoms with E-state index in [1.165, 1.54) is 54.4 Å². The molecular formula is C77H47N7. The Kier molecular flexibility index (Phi) is 9.96. The summed E-state index contributed by atoms with van der Waals surface area (Å²) in [5.74, 6) is 1.54. The van der Waals surface area contributed by atoms with Gasteiger partial charge in [-0.25, -0.2) is 15.0 Å². The van der Waals surface area contributed by atoms with Crippen molar-refractivity contribution in [3.8, 4) is 67.5 Å². The molecule has 0 aliphatic heterocycles. The third kappa shape index (κ3) is 6.90. The van der Waals surface area contributed by atoms with Gasteiger partial charge in [-0.15, -0.1) is 0 Å². The summed E-state index contributed by atoms with van der Waals surface area (Å²) in [6, 6.07) is 103. The molecule has 0 N–H and O–H groups in total. The van der Waals surface area contributed by atoms with E-state index < -0.39 is 0 Å². The molecule has 7 heteroatoms. The molecule has 0 bridgehead atoms. The highest BCUT2D eigenvalue weighted by Crippen LogP contribution is 2.44. The average Bonchev–Trinajstić information content (AvgIpc) is 2.45. The first-order chi connectivity index (χ1) is 41.7. The first-order valence-corrected chi connectivity index (χ1v) is 28.6. The van der Waals surface area contributed by atoms with Gasteiger partial charge in [0, 0.05) is 71.2 Å². The van der Waals surface area contributed by atoms with Crippen LogP contribution >= 0.6 is 0 Å². The second kappa shape index (κ2) is 18.0. The van der Waals surface area contributed by atoms with Gasteiger partial charge in [-0.2, -0.15) is 0 Å². The van der Waals surface area contributed by atoms with Gasteiger partial charge in [0.2, 0.25) is 5.78 Å². The van der Waals surface area contributed by atoms with Crippen LogP contribution in [0.15, 0.2) is 285 Å². The molecule has 0 amide bonds. The third-order valence-corrected chi connectivity index (χ3v) is 17.3. The van der Waals surface area contributed by atoms with Gasteiger partial charge in [-0.05, 0) is 107 Å². The maximum absolute atomic E-state index is 5.64. The molecule has 0 unspecified atom stereocenters. The molecule has 18 aromatic rings. The zero-order chi connectivity index (χ0) is 55.0. The van der Waals surface area contributed by atoms with Crippen molar-refractivity contribution in [2.24, 2.45) is 0 Å². The van der Waals surface area contributed by atoms with Crippen molar-refractivity contribution < 1.29 is 0 Å². The molecular weight excluding hydrogens is 1020 g/mol. The quantitative estimate of drug-likeness (QED) is 0.160. The Morgan fingerprint density at radius 3 is 1.26 bits per heavy atom. The van der Waals surface area contributed by atoms with Crippen LogP contribution in [-0.2, 0) is 0 Å². The molecule has 0 radical (unpaired) electrons. The van der Waals surface area contributed by atoms with E-state index in [0.717, 1.165) is 106 Å². The Morgan fingerprint density at radius 2 is 0.679 bits per heavy atom. The summed E-state index contributed by atoms with van der Waals surface area (Å²) in [6.07, 6.45) is 0. The highest BCUT2D eigenvalue weighted by atomic mass is 15.1. The number of hydrogen-bond donors (Lipinski definition) is 0. The smallest absolute Gasteiger partial charge is 0.220 e. The summed E-state index contributed by atoms with van der Waals surface area (Å²) in [6.45, 7) is 0.